The van der Waals surface area contributed by atoms with Gasteiger partial charge in [-0.2, -0.15) is 5.10 Å². The maximum Gasteiger partial charge on any atom is 0.303 e. The van der Waals surface area contributed by atoms with E-state index >= 15 is 0 Å². The van der Waals surface area contributed by atoms with Gasteiger partial charge in [-0.1, -0.05) is 71.4 Å². The molecule has 0 saturated carbocycles. The maximum absolute atomic E-state index is 14.4. The number of rotatable bonds is 27. The number of ether oxygens (including phenoxy) is 2. The van der Waals surface area contributed by atoms with E-state index in [1.807, 2.05) is 101 Å². The van der Waals surface area contributed by atoms with E-state index < -0.39 is 47.6 Å². The molecule has 3 aromatic rings. The van der Waals surface area contributed by atoms with E-state index in [1.165, 1.54) is 35.3 Å². The summed E-state index contributed by atoms with van der Waals surface area (Å²) in [4.78, 5) is 101. The topological polar surface area (TPSA) is 209 Å². The Morgan fingerprint density at radius 1 is 0.918 bits per heavy atom. The minimum Gasteiger partial charge on any atom is -0.494 e. The molecule has 0 aliphatic carbocycles. The van der Waals surface area contributed by atoms with E-state index in [9.17, 15) is 33.6 Å². The van der Waals surface area contributed by atoms with Crippen molar-refractivity contribution in [2.24, 2.45) is 22.9 Å². The Morgan fingerprint density at radius 3 is 2.22 bits per heavy atom. The Hall–Kier alpha value is -6.27. The monoisotopic (exact) mass is 1020 g/mol. The van der Waals surface area contributed by atoms with Crippen molar-refractivity contribution >= 4 is 58.5 Å². The first-order valence-corrected chi connectivity index (χ1v) is 26.5. The molecule has 0 radical (unpaired) electrons. The van der Waals surface area contributed by atoms with Crippen LogP contribution in [0.2, 0.25) is 0 Å². The van der Waals surface area contributed by atoms with Crippen molar-refractivity contribution in [1.82, 2.24) is 35.7 Å². The molecule has 396 valence electrons. The number of hydrogen-bond acceptors (Lipinski definition) is 13. The van der Waals surface area contributed by atoms with E-state index in [2.05, 4.69) is 21.2 Å². The van der Waals surface area contributed by atoms with Crippen LogP contribution in [0.3, 0.4) is 0 Å². The number of likely N-dealkylation sites (tertiary alicyclic amines) is 1. The van der Waals surface area contributed by atoms with Crippen molar-refractivity contribution in [3.8, 4) is 5.75 Å². The number of carbonyl (C=O) groups excluding carboxylic acids is 7. The first-order valence-electron chi connectivity index (χ1n) is 25.6. The zero-order valence-electron chi connectivity index (χ0n) is 44.3. The summed E-state index contributed by atoms with van der Waals surface area (Å²) in [6.07, 6.45) is 7.18. The van der Waals surface area contributed by atoms with Gasteiger partial charge in [-0.3, -0.25) is 43.4 Å². The lowest BCUT2D eigenvalue weighted by atomic mass is 9.91. The SMILES string of the molecule is CC[C@H](C)[C@H](NC(=O)[C@@]1(C)CCCN1C)C(=O)N(C)[C@H](C[C@@H](OC(C)=O)c1nc(C(=O)N[C@@H](Cc2ccccc2)C[C@H](C)C(=O)N/N=C(/C)c2ccc(OCCCCCN3C(=O)C=CC3=O)cc2)cs1)C(C)C. The zero-order valence-corrected chi connectivity index (χ0v) is 45.1. The molecule has 2 aromatic carbocycles. The molecule has 18 heteroatoms. The number of hydrogen-bond donors (Lipinski definition) is 3. The minimum absolute atomic E-state index is 0.0803. The number of likely N-dealkylation sites (N-methyl/N-ethyl adjacent to an activating group) is 2. The van der Waals surface area contributed by atoms with E-state index in [4.69, 9.17) is 14.5 Å². The number of amides is 6. The first kappa shape index (κ1) is 57.6. The van der Waals surface area contributed by atoms with E-state index in [1.54, 1.807) is 31.2 Å². The first-order chi connectivity index (χ1) is 34.7. The number of imide groups is 1. The lowest BCUT2D eigenvalue weighted by Crippen LogP contribution is -2.60. The number of hydrazone groups is 1. The molecule has 1 aromatic heterocycles. The van der Waals surface area contributed by atoms with Crippen molar-refractivity contribution < 1.29 is 43.0 Å². The van der Waals surface area contributed by atoms with Crippen molar-refractivity contribution in [2.75, 3.05) is 33.8 Å². The van der Waals surface area contributed by atoms with Crippen LogP contribution in [0.25, 0.3) is 0 Å². The summed E-state index contributed by atoms with van der Waals surface area (Å²) in [5.74, 6) is -2.35. The Balaban J connectivity index is 1.20. The van der Waals surface area contributed by atoms with Gasteiger partial charge in [0.25, 0.3) is 17.7 Å². The largest absolute Gasteiger partial charge is 0.494 e. The molecule has 7 atom stereocenters. The number of unbranched alkanes of at least 4 members (excludes halogenated alkanes) is 2. The van der Waals surface area contributed by atoms with Crippen molar-refractivity contribution in [3.63, 3.8) is 0 Å². The van der Waals surface area contributed by atoms with Gasteiger partial charge in [-0.05, 0) is 120 Å². The third-order valence-corrected chi connectivity index (χ3v) is 15.1. The van der Waals surface area contributed by atoms with Gasteiger partial charge in [0.05, 0.1) is 17.9 Å². The average molecular weight is 1030 g/mol. The predicted molar refractivity (Wildman–Crippen MR) is 281 cm³/mol. The number of aromatic nitrogens is 1. The highest BCUT2D eigenvalue weighted by molar-refractivity contribution is 7.09. The second kappa shape index (κ2) is 27.1. The van der Waals surface area contributed by atoms with Gasteiger partial charge >= 0.3 is 5.97 Å². The highest BCUT2D eigenvalue weighted by atomic mass is 32.1. The summed E-state index contributed by atoms with van der Waals surface area (Å²) in [7, 11) is 3.65. The van der Waals surface area contributed by atoms with Crippen LogP contribution in [-0.2, 0) is 39.9 Å². The Labute approximate surface area is 434 Å². The van der Waals surface area contributed by atoms with Gasteiger partial charge in [-0.15, -0.1) is 11.3 Å². The van der Waals surface area contributed by atoms with Gasteiger partial charge in [0.2, 0.25) is 17.7 Å². The molecule has 1 saturated heterocycles. The third-order valence-electron chi connectivity index (χ3n) is 14.2. The highest BCUT2D eigenvalue weighted by Crippen LogP contribution is 2.32. The molecule has 2 aliphatic rings. The average Bonchev–Trinajstić information content (AvgIpc) is 4.09. The summed E-state index contributed by atoms with van der Waals surface area (Å²) in [5.41, 5.74) is 4.46. The van der Waals surface area contributed by atoms with Gasteiger partial charge in [-0.25, -0.2) is 10.4 Å². The molecule has 3 heterocycles. The highest BCUT2D eigenvalue weighted by Gasteiger charge is 2.44. The molecule has 6 amide bonds. The van der Waals surface area contributed by atoms with E-state index in [0.29, 0.717) is 55.3 Å². The zero-order chi connectivity index (χ0) is 53.4. The molecule has 17 nitrogen and oxygen atoms in total. The van der Waals surface area contributed by atoms with Crippen LogP contribution in [-0.4, -0.2) is 124 Å². The molecule has 3 N–H and O–H groups in total. The number of nitrogens with zero attached hydrogens (tertiary/aromatic N) is 5. The predicted octanol–water partition coefficient (Wildman–Crippen LogP) is 7.02. The standard InChI is InChI=1S/C55H76N8O9S/c1-11-36(4)49(58-54(70)55(8)27-18-28-61(55)9)53(69)62(10)45(35(2)3)33-46(72-39(7)64)52-57-44(34-73-52)51(68)56-42(32-40-19-14-12-15-20-40)31-37(5)50(67)60-59-38(6)41-21-23-43(24-22-41)71-30-17-13-16-29-63-47(65)25-26-48(63)66/h12,14-15,19-26,34-37,42,45-46,49H,11,13,16-18,27-33H2,1-10H3,(H,56,68)(H,58,70)(H,60,67)/b59-38-/t36-,37-,42+,45+,46+,49-,55+/m0/s1. The fourth-order valence-corrected chi connectivity index (χ4v) is 10.0. The summed E-state index contributed by atoms with van der Waals surface area (Å²) in [6.45, 7) is 16.4. The summed E-state index contributed by atoms with van der Waals surface area (Å²) in [6, 6.07) is 15.4. The Kier molecular flexibility index (Phi) is 21.4. The fourth-order valence-electron chi connectivity index (χ4n) is 9.17. The number of thiazole rings is 1. The van der Waals surface area contributed by atoms with Gasteiger partial charge in [0.15, 0.2) is 6.10 Å². The summed E-state index contributed by atoms with van der Waals surface area (Å²) in [5, 5.41) is 12.6. The Bertz CT molecular complexity index is 2420. The van der Waals surface area contributed by atoms with Crippen LogP contribution >= 0.6 is 11.3 Å². The van der Waals surface area contributed by atoms with Crippen molar-refractivity contribution in [3.05, 3.63) is 94.0 Å². The van der Waals surface area contributed by atoms with Crippen LogP contribution < -0.4 is 20.8 Å². The minimum atomic E-state index is -0.873. The lowest BCUT2D eigenvalue weighted by molar-refractivity contribution is -0.149. The van der Waals surface area contributed by atoms with E-state index in [0.717, 1.165) is 36.9 Å². The van der Waals surface area contributed by atoms with Crippen LogP contribution in [0.5, 0.6) is 5.75 Å². The van der Waals surface area contributed by atoms with Crippen LogP contribution in [0, 0.1) is 17.8 Å². The number of esters is 1. The second-order valence-corrected chi connectivity index (χ2v) is 21.0. The number of nitrogens with one attached hydrogen (secondary N) is 3. The lowest BCUT2D eigenvalue weighted by Gasteiger charge is -2.38. The van der Waals surface area contributed by atoms with Gasteiger partial charge in [0, 0.05) is 62.5 Å². The molecule has 2 aliphatic heterocycles. The number of carbonyl (C=O) groups is 7. The molecule has 73 heavy (non-hydrogen) atoms. The van der Waals surface area contributed by atoms with E-state index in [-0.39, 0.29) is 59.9 Å². The molecular formula is C55H76N8O9S. The smallest absolute Gasteiger partial charge is 0.303 e. The molecule has 0 bridgehead atoms. The Morgan fingerprint density at radius 2 is 1.60 bits per heavy atom. The molecule has 1 fully saturated rings. The molecule has 5 rings (SSSR count). The van der Waals surface area contributed by atoms with Crippen LogP contribution in [0.1, 0.15) is 139 Å². The molecular weight excluding hydrogens is 949 g/mol. The van der Waals surface area contributed by atoms with Gasteiger partial charge < -0.3 is 25.0 Å². The van der Waals surface area contributed by atoms with Crippen molar-refractivity contribution in [1.29, 1.82) is 0 Å². The summed E-state index contributed by atoms with van der Waals surface area (Å²) < 4.78 is 11.7. The van der Waals surface area contributed by atoms with Crippen LogP contribution in [0.15, 0.2) is 77.2 Å². The summed E-state index contributed by atoms with van der Waals surface area (Å²) >= 11 is 1.19. The normalized spacial score (nSPS) is 18.5. The molecule has 0 spiro atoms. The third kappa shape index (κ3) is 16.1. The second-order valence-electron chi connectivity index (χ2n) is 20.1. The maximum atomic E-state index is 14.4. The van der Waals surface area contributed by atoms with Crippen LogP contribution in [0.4, 0.5) is 0 Å². The quantitative estimate of drug-likeness (QED) is 0.0232. The van der Waals surface area contributed by atoms with Gasteiger partial charge in [0.1, 0.15) is 22.5 Å². The number of benzene rings is 2. The molecule has 0 unspecified atom stereocenters. The fraction of sp³-hybridized carbons (Fsp3) is 0.545. The van der Waals surface area contributed by atoms with Crippen molar-refractivity contribution in [2.45, 2.75) is 143 Å².